The van der Waals surface area contributed by atoms with Crippen LogP contribution in [-0.2, 0) is 4.74 Å². The largest absolute Gasteiger partial charge is 0.495 e. The molecule has 0 radical (unpaired) electrons. The van der Waals surface area contributed by atoms with Crippen LogP contribution in [0.15, 0.2) is 35.9 Å². The van der Waals surface area contributed by atoms with Gasteiger partial charge in [0.1, 0.15) is 5.76 Å². The van der Waals surface area contributed by atoms with E-state index in [1.807, 2.05) is 30.3 Å². The Bertz CT molecular complexity index is 346. The second-order valence-corrected chi connectivity index (χ2v) is 2.64. The lowest BCUT2D eigenvalue weighted by molar-refractivity contribution is 0.368. The van der Waals surface area contributed by atoms with Gasteiger partial charge in [-0.05, 0) is 6.92 Å². The Balaban J connectivity index is 3.14. The SMILES string of the molecule is COC(=C(C)C#N)c1ccccc1. The molecular formula is C11H11NO. The van der Waals surface area contributed by atoms with E-state index in [2.05, 4.69) is 6.07 Å². The maximum absolute atomic E-state index is 8.71. The minimum absolute atomic E-state index is 0.591. The van der Waals surface area contributed by atoms with Crippen molar-refractivity contribution in [2.75, 3.05) is 7.11 Å². The first-order valence-corrected chi connectivity index (χ1v) is 4.00. The number of rotatable bonds is 2. The van der Waals surface area contributed by atoms with E-state index in [4.69, 9.17) is 10.00 Å². The van der Waals surface area contributed by atoms with E-state index in [9.17, 15) is 0 Å². The first kappa shape index (κ1) is 9.34. The number of hydrogen-bond donors (Lipinski definition) is 0. The first-order chi connectivity index (χ1) is 6.29. The van der Waals surface area contributed by atoms with Gasteiger partial charge >= 0.3 is 0 Å². The molecule has 0 bridgehead atoms. The molecule has 0 saturated heterocycles. The molecule has 0 N–H and O–H groups in total. The molecule has 0 unspecified atom stereocenters. The summed E-state index contributed by atoms with van der Waals surface area (Å²) in [6, 6.07) is 11.7. The summed E-state index contributed by atoms with van der Waals surface area (Å²) in [5.41, 5.74) is 1.53. The van der Waals surface area contributed by atoms with Gasteiger partial charge in [-0.15, -0.1) is 0 Å². The predicted octanol–water partition coefficient (Wildman–Crippen LogP) is 2.59. The van der Waals surface area contributed by atoms with Gasteiger partial charge in [0.05, 0.1) is 18.8 Å². The second-order valence-electron chi connectivity index (χ2n) is 2.64. The van der Waals surface area contributed by atoms with Crippen LogP contribution in [0.2, 0.25) is 0 Å². The fraction of sp³-hybridized carbons (Fsp3) is 0.182. The Morgan fingerprint density at radius 2 is 1.92 bits per heavy atom. The Morgan fingerprint density at radius 1 is 1.31 bits per heavy atom. The lowest BCUT2D eigenvalue weighted by Gasteiger charge is -2.06. The van der Waals surface area contributed by atoms with Gasteiger partial charge in [0, 0.05) is 5.56 Å². The molecule has 1 rings (SSSR count). The van der Waals surface area contributed by atoms with E-state index < -0.39 is 0 Å². The van der Waals surface area contributed by atoms with Crippen molar-refractivity contribution in [2.45, 2.75) is 6.92 Å². The second kappa shape index (κ2) is 4.32. The van der Waals surface area contributed by atoms with E-state index in [-0.39, 0.29) is 0 Å². The quantitative estimate of drug-likeness (QED) is 0.508. The molecule has 0 amide bonds. The molecular weight excluding hydrogens is 162 g/mol. The van der Waals surface area contributed by atoms with Crippen LogP contribution in [0.1, 0.15) is 12.5 Å². The van der Waals surface area contributed by atoms with E-state index in [1.54, 1.807) is 14.0 Å². The fourth-order valence-electron chi connectivity index (χ4n) is 1.13. The fourth-order valence-corrected chi connectivity index (χ4v) is 1.13. The number of nitrogens with zero attached hydrogens (tertiary/aromatic N) is 1. The number of methoxy groups -OCH3 is 1. The van der Waals surface area contributed by atoms with Gasteiger partial charge in [-0.1, -0.05) is 30.3 Å². The van der Waals surface area contributed by atoms with Crippen LogP contribution in [0.3, 0.4) is 0 Å². The Kier molecular flexibility index (Phi) is 3.10. The van der Waals surface area contributed by atoms with Crippen molar-refractivity contribution in [3.63, 3.8) is 0 Å². The summed E-state index contributed by atoms with van der Waals surface area (Å²) in [4.78, 5) is 0. The third kappa shape index (κ3) is 2.09. The van der Waals surface area contributed by atoms with Gasteiger partial charge in [-0.25, -0.2) is 0 Å². The molecule has 13 heavy (non-hydrogen) atoms. The van der Waals surface area contributed by atoms with Gasteiger partial charge in [-0.3, -0.25) is 0 Å². The predicted molar refractivity (Wildman–Crippen MR) is 51.7 cm³/mol. The van der Waals surface area contributed by atoms with Crippen molar-refractivity contribution in [3.05, 3.63) is 41.5 Å². The summed E-state index contributed by atoms with van der Waals surface area (Å²) in [6.45, 7) is 1.74. The molecule has 0 heterocycles. The average Bonchev–Trinajstić information content (AvgIpc) is 2.20. The number of allylic oxidation sites excluding steroid dienone is 1. The molecule has 0 aromatic heterocycles. The molecule has 0 aliphatic rings. The average molecular weight is 173 g/mol. The summed E-state index contributed by atoms with van der Waals surface area (Å²) in [5.74, 6) is 0.642. The third-order valence-electron chi connectivity index (χ3n) is 1.75. The van der Waals surface area contributed by atoms with E-state index in [0.29, 0.717) is 11.3 Å². The zero-order chi connectivity index (χ0) is 9.68. The molecule has 1 aromatic carbocycles. The molecule has 0 fully saturated rings. The van der Waals surface area contributed by atoms with Gasteiger partial charge < -0.3 is 4.74 Å². The molecule has 2 nitrogen and oxygen atoms in total. The van der Waals surface area contributed by atoms with Crippen LogP contribution in [0.5, 0.6) is 0 Å². The van der Waals surface area contributed by atoms with Crippen LogP contribution >= 0.6 is 0 Å². The van der Waals surface area contributed by atoms with Crippen LogP contribution in [0.25, 0.3) is 5.76 Å². The van der Waals surface area contributed by atoms with Gasteiger partial charge in [0.25, 0.3) is 0 Å². The minimum atomic E-state index is 0.591. The van der Waals surface area contributed by atoms with Crippen molar-refractivity contribution in [1.29, 1.82) is 5.26 Å². The molecule has 0 saturated carbocycles. The van der Waals surface area contributed by atoms with Crippen molar-refractivity contribution in [2.24, 2.45) is 0 Å². The number of nitriles is 1. The van der Waals surface area contributed by atoms with Crippen molar-refractivity contribution >= 4 is 5.76 Å². The summed E-state index contributed by atoms with van der Waals surface area (Å²) < 4.78 is 5.15. The summed E-state index contributed by atoms with van der Waals surface area (Å²) in [7, 11) is 1.57. The van der Waals surface area contributed by atoms with Gasteiger partial charge in [-0.2, -0.15) is 5.26 Å². The highest BCUT2D eigenvalue weighted by Gasteiger charge is 2.03. The van der Waals surface area contributed by atoms with E-state index >= 15 is 0 Å². The highest BCUT2D eigenvalue weighted by molar-refractivity contribution is 5.65. The lowest BCUT2D eigenvalue weighted by Crippen LogP contribution is -1.89. The van der Waals surface area contributed by atoms with E-state index in [0.717, 1.165) is 5.56 Å². The van der Waals surface area contributed by atoms with E-state index in [1.165, 1.54) is 0 Å². The van der Waals surface area contributed by atoms with Crippen LogP contribution < -0.4 is 0 Å². The summed E-state index contributed by atoms with van der Waals surface area (Å²) in [6.07, 6.45) is 0. The van der Waals surface area contributed by atoms with Crippen molar-refractivity contribution < 1.29 is 4.74 Å². The molecule has 0 aliphatic heterocycles. The third-order valence-corrected chi connectivity index (χ3v) is 1.75. The standard InChI is InChI=1S/C11H11NO/c1-9(8-12)11(13-2)10-6-4-3-5-7-10/h3-7H,1-2H3. The van der Waals surface area contributed by atoms with Crippen LogP contribution in [0, 0.1) is 11.3 Å². The molecule has 66 valence electrons. The van der Waals surface area contributed by atoms with Crippen LogP contribution in [0.4, 0.5) is 0 Å². The number of hydrogen-bond acceptors (Lipinski definition) is 2. The molecule has 2 heteroatoms. The summed E-state index contributed by atoms with van der Waals surface area (Å²) >= 11 is 0. The Morgan fingerprint density at radius 3 is 2.38 bits per heavy atom. The smallest absolute Gasteiger partial charge is 0.139 e. The molecule has 1 aromatic rings. The molecule has 0 spiro atoms. The van der Waals surface area contributed by atoms with Gasteiger partial charge in [0.2, 0.25) is 0 Å². The summed E-state index contributed by atoms with van der Waals surface area (Å²) in [5, 5.41) is 8.71. The highest BCUT2D eigenvalue weighted by Crippen LogP contribution is 2.18. The van der Waals surface area contributed by atoms with Crippen molar-refractivity contribution in [3.8, 4) is 6.07 Å². The zero-order valence-corrected chi connectivity index (χ0v) is 7.74. The monoisotopic (exact) mass is 173 g/mol. The minimum Gasteiger partial charge on any atom is -0.495 e. The number of benzene rings is 1. The van der Waals surface area contributed by atoms with Gasteiger partial charge in [0.15, 0.2) is 0 Å². The zero-order valence-electron chi connectivity index (χ0n) is 7.74. The normalized spacial score (nSPS) is 11.5. The Labute approximate surface area is 78.1 Å². The molecule has 0 aliphatic carbocycles. The van der Waals surface area contributed by atoms with Crippen molar-refractivity contribution in [1.82, 2.24) is 0 Å². The molecule has 0 atom stereocenters. The maximum Gasteiger partial charge on any atom is 0.139 e. The first-order valence-electron chi connectivity index (χ1n) is 4.00. The Hall–Kier alpha value is -1.75. The lowest BCUT2D eigenvalue weighted by atomic mass is 10.1. The maximum atomic E-state index is 8.71. The topological polar surface area (TPSA) is 33.0 Å². The number of ether oxygens (including phenoxy) is 1. The highest BCUT2D eigenvalue weighted by atomic mass is 16.5. The van der Waals surface area contributed by atoms with Crippen LogP contribution in [-0.4, -0.2) is 7.11 Å².